The fraction of sp³-hybridized carbons (Fsp3) is 0.647. The molecule has 1 fully saturated rings. The summed E-state index contributed by atoms with van der Waals surface area (Å²) in [4.78, 5) is 0. The molecule has 3 atom stereocenters. The first kappa shape index (κ1) is 16.1. The van der Waals surface area contributed by atoms with E-state index in [0.29, 0.717) is 11.1 Å². The molecule has 0 radical (unpaired) electrons. The molecule has 3 unspecified atom stereocenters. The van der Waals surface area contributed by atoms with Crippen LogP contribution in [0.3, 0.4) is 0 Å². The van der Waals surface area contributed by atoms with E-state index >= 15 is 0 Å². The number of rotatable bonds is 5. The van der Waals surface area contributed by atoms with Gasteiger partial charge in [0.2, 0.25) is 0 Å². The first-order valence-corrected chi connectivity index (χ1v) is 8.53. The van der Waals surface area contributed by atoms with Gasteiger partial charge in [-0.1, -0.05) is 62.0 Å². The molecule has 2 rings (SSSR count). The molecule has 1 aliphatic carbocycles. The summed E-state index contributed by atoms with van der Waals surface area (Å²) < 4.78 is 0. The maximum Gasteiger partial charge on any atom is 0.0624 e. The second kappa shape index (κ2) is 7.68. The summed E-state index contributed by atoms with van der Waals surface area (Å²) >= 11 is 12.5. The average Bonchev–Trinajstić information content (AvgIpc) is 2.43. The van der Waals surface area contributed by atoms with Crippen molar-refractivity contribution in [2.24, 2.45) is 11.8 Å². The maximum absolute atomic E-state index is 6.35. The molecule has 0 amide bonds. The molecule has 1 nitrogen and oxygen atoms in total. The molecule has 0 bridgehead atoms. The minimum atomic E-state index is 0.513. The molecule has 112 valence electrons. The lowest BCUT2D eigenvalue weighted by Crippen LogP contribution is -2.40. The van der Waals surface area contributed by atoms with Gasteiger partial charge in [0, 0.05) is 6.04 Å². The van der Waals surface area contributed by atoms with E-state index in [-0.39, 0.29) is 0 Å². The Bertz CT molecular complexity index is 433. The smallest absolute Gasteiger partial charge is 0.0624 e. The topological polar surface area (TPSA) is 12.0 Å². The van der Waals surface area contributed by atoms with Gasteiger partial charge in [0.15, 0.2) is 0 Å². The number of hydrogen-bond acceptors (Lipinski definition) is 1. The van der Waals surface area contributed by atoms with E-state index in [2.05, 4.69) is 25.2 Å². The third-order valence-corrected chi connectivity index (χ3v) is 5.34. The highest BCUT2D eigenvalue weighted by Crippen LogP contribution is 2.33. The van der Waals surface area contributed by atoms with Crippen LogP contribution in [0.25, 0.3) is 0 Å². The van der Waals surface area contributed by atoms with Crippen molar-refractivity contribution < 1.29 is 0 Å². The second-order valence-electron chi connectivity index (χ2n) is 6.11. The van der Waals surface area contributed by atoms with Crippen LogP contribution in [-0.2, 0) is 6.42 Å². The van der Waals surface area contributed by atoms with Gasteiger partial charge in [-0.15, -0.1) is 0 Å². The number of hydrogen-bond donors (Lipinski definition) is 1. The zero-order valence-electron chi connectivity index (χ0n) is 12.5. The Balaban J connectivity index is 2.10. The lowest BCUT2D eigenvalue weighted by atomic mass is 9.77. The van der Waals surface area contributed by atoms with Crippen molar-refractivity contribution in [3.63, 3.8) is 0 Å². The quantitative estimate of drug-likeness (QED) is 0.773. The highest BCUT2D eigenvalue weighted by Gasteiger charge is 2.26. The SMILES string of the molecule is CCNC(Cc1cccc(Cl)c1Cl)C1CCCC(C)C1. The standard InChI is InChI=1S/C17H25Cl2N/c1-3-20-16(13-7-4-6-12(2)10-13)11-14-8-5-9-15(18)17(14)19/h5,8-9,12-13,16,20H,3-4,6-7,10-11H2,1-2H3. The number of benzene rings is 1. The van der Waals surface area contributed by atoms with Crippen LogP contribution in [0.5, 0.6) is 0 Å². The average molecular weight is 314 g/mol. The zero-order valence-corrected chi connectivity index (χ0v) is 14.0. The van der Waals surface area contributed by atoms with Crippen molar-refractivity contribution in [3.8, 4) is 0 Å². The predicted molar refractivity (Wildman–Crippen MR) is 88.8 cm³/mol. The molecule has 0 heterocycles. The van der Waals surface area contributed by atoms with Gasteiger partial charge in [-0.2, -0.15) is 0 Å². The van der Waals surface area contributed by atoms with Crippen LogP contribution in [0.2, 0.25) is 10.0 Å². The third-order valence-electron chi connectivity index (χ3n) is 4.48. The Hall–Kier alpha value is -0.240. The summed E-state index contributed by atoms with van der Waals surface area (Å²) in [6, 6.07) is 6.47. The molecule has 0 spiro atoms. The minimum absolute atomic E-state index is 0.513. The monoisotopic (exact) mass is 313 g/mol. The molecule has 1 aliphatic rings. The number of nitrogens with one attached hydrogen (secondary N) is 1. The van der Waals surface area contributed by atoms with Gasteiger partial charge in [-0.3, -0.25) is 0 Å². The summed E-state index contributed by atoms with van der Waals surface area (Å²) in [6.07, 6.45) is 6.38. The Labute approximate surface area is 133 Å². The normalized spacial score (nSPS) is 24.6. The van der Waals surface area contributed by atoms with E-state index in [1.165, 1.54) is 31.2 Å². The number of halogens is 2. The molecular formula is C17H25Cl2N. The van der Waals surface area contributed by atoms with E-state index in [0.717, 1.165) is 29.8 Å². The van der Waals surface area contributed by atoms with Crippen molar-refractivity contribution >= 4 is 23.2 Å². The van der Waals surface area contributed by atoms with E-state index < -0.39 is 0 Å². The van der Waals surface area contributed by atoms with E-state index in [1.54, 1.807) is 0 Å². The van der Waals surface area contributed by atoms with Crippen LogP contribution in [0.15, 0.2) is 18.2 Å². The summed E-state index contributed by atoms with van der Waals surface area (Å²) in [5, 5.41) is 5.05. The Morgan fingerprint density at radius 1 is 1.30 bits per heavy atom. The lowest BCUT2D eigenvalue weighted by molar-refractivity contribution is 0.222. The van der Waals surface area contributed by atoms with Crippen molar-refractivity contribution in [2.75, 3.05) is 6.54 Å². The molecule has 1 saturated carbocycles. The highest BCUT2D eigenvalue weighted by atomic mass is 35.5. The fourth-order valence-electron chi connectivity index (χ4n) is 3.46. The van der Waals surface area contributed by atoms with Crippen molar-refractivity contribution in [2.45, 2.75) is 52.0 Å². The number of likely N-dealkylation sites (N-methyl/N-ethyl adjacent to an activating group) is 1. The summed E-state index contributed by atoms with van der Waals surface area (Å²) in [6.45, 7) is 5.56. The Kier molecular flexibility index (Phi) is 6.20. The van der Waals surface area contributed by atoms with Crippen LogP contribution in [-0.4, -0.2) is 12.6 Å². The summed E-state index contributed by atoms with van der Waals surface area (Å²) in [5.74, 6) is 1.61. The summed E-state index contributed by atoms with van der Waals surface area (Å²) in [5.41, 5.74) is 1.17. The van der Waals surface area contributed by atoms with Crippen molar-refractivity contribution in [1.82, 2.24) is 5.32 Å². The first-order chi connectivity index (χ1) is 9.61. The second-order valence-corrected chi connectivity index (χ2v) is 6.90. The van der Waals surface area contributed by atoms with Gasteiger partial charge in [0.05, 0.1) is 10.0 Å². The molecular weight excluding hydrogens is 289 g/mol. The first-order valence-electron chi connectivity index (χ1n) is 7.78. The van der Waals surface area contributed by atoms with Crippen LogP contribution in [0, 0.1) is 11.8 Å². The third kappa shape index (κ3) is 4.13. The molecule has 3 heteroatoms. The maximum atomic E-state index is 6.35. The van der Waals surface area contributed by atoms with Crippen LogP contribution in [0.1, 0.15) is 45.1 Å². The molecule has 0 aliphatic heterocycles. The van der Waals surface area contributed by atoms with Gasteiger partial charge in [0.25, 0.3) is 0 Å². The highest BCUT2D eigenvalue weighted by molar-refractivity contribution is 6.42. The molecule has 0 saturated heterocycles. The van der Waals surface area contributed by atoms with Crippen molar-refractivity contribution in [1.29, 1.82) is 0 Å². The largest absolute Gasteiger partial charge is 0.314 e. The Morgan fingerprint density at radius 3 is 2.80 bits per heavy atom. The van der Waals surface area contributed by atoms with Crippen molar-refractivity contribution in [3.05, 3.63) is 33.8 Å². The van der Waals surface area contributed by atoms with Gasteiger partial charge in [-0.05, 0) is 49.3 Å². The molecule has 1 aromatic rings. The predicted octanol–water partition coefficient (Wildman–Crippen LogP) is 5.34. The van der Waals surface area contributed by atoms with Gasteiger partial charge >= 0.3 is 0 Å². The Morgan fingerprint density at radius 2 is 2.10 bits per heavy atom. The summed E-state index contributed by atoms with van der Waals surface area (Å²) in [7, 11) is 0. The van der Waals surface area contributed by atoms with E-state index in [9.17, 15) is 0 Å². The fourth-order valence-corrected chi connectivity index (χ4v) is 3.85. The van der Waals surface area contributed by atoms with E-state index in [1.807, 2.05) is 12.1 Å². The zero-order chi connectivity index (χ0) is 14.5. The van der Waals surface area contributed by atoms with Crippen LogP contribution < -0.4 is 5.32 Å². The van der Waals surface area contributed by atoms with Crippen LogP contribution in [0.4, 0.5) is 0 Å². The molecule has 1 N–H and O–H groups in total. The van der Waals surface area contributed by atoms with Gasteiger partial charge < -0.3 is 5.32 Å². The van der Waals surface area contributed by atoms with Gasteiger partial charge in [0.1, 0.15) is 0 Å². The lowest BCUT2D eigenvalue weighted by Gasteiger charge is -2.34. The van der Waals surface area contributed by atoms with Crippen LogP contribution >= 0.6 is 23.2 Å². The van der Waals surface area contributed by atoms with Gasteiger partial charge in [-0.25, -0.2) is 0 Å². The molecule has 0 aromatic heterocycles. The molecule has 20 heavy (non-hydrogen) atoms. The molecule has 1 aromatic carbocycles. The van der Waals surface area contributed by atoms with E-state index in [4.69, 9.17) is 23.2 Å². The minimum Gasteiger partial charge on any atom is -0.314 e.